The van der Waals surface area contributed by atoms with Gasteiger partial charge in [0.1, 0.15) is 5.84 Å². The number of halogens is 1. The van der Waals surface area contributed by atoms with Gasteiger partial charge in [-0.15, -0.1) is 0 Å². The van der Waals surface area contributed by atoms with Crippen molar-refractivity contribution in [3.05, 3.63) is 66.5 Å². The number of nitrogens with one attached hydrogen (secondary N) is 3. The maximum Gasteiger partial charge on any atom is 0.240 e. The second-order valence-electron chi connectivity index (χ2n) is 8.19. The topological polar surface area (TPSA) is 97.8 Å². The molecule has 0 bridgehead atoms. The van der Waals surface area contributed by atoms with Crippen LogP contribution in [0.4, 0.5) is 10.2 Å². The van der Waals surface area contributed by atoms with E-state index in [1.54, 1.807) is 4.90 Å². The third-order valence-corrected chi connectivity index (χ3v) is 7.13. The van der Waals surface area contributed by atoms with E-state index in [-0.39, 0.29) is 16.6 Å². The maximum atomic E-state index is 12.5. The van der Waals surface area contributed by atoms with E-state index >= 15 is 0 Å². The Morgan fingerprint density at radius 3 is 2.42 bits per heavy atom. The smallest absolute Gasteiger partial charge is 0.240 e. The van der Waals surface area contributed by atoms with E-state index in [1.807, 2.05) is 38.4 Å². The summed E-state index contributed by atoms with van der Waals surface area (Å²) < 4.78 is 39.8. The average Bonchev–Trinajstić information content (AvgIpc) is 2.83. The van der Waals surface area contributed by atoms with Gasteiger partial charge in [-0.1, -0.05) is 18.7 Å². The van der Waals surface area contributed by atoms with Gasteiger partial charge in [-0.3, -0.25) is 10.4 Å². The van der Waals surface area contributed by atoms with Gasteiger partial charge in [-0.25, -0.2) is 13.1 Å². The molecule has 3 N–H and O–H groups in total. The Balaban J connectivity index is 1.52. The maximum absolute atomic E-state index is 12.5. The Morgan fingerprint density at radius 1 is 1.18 bits per heavy atom. The van der Waals surface area contributed by atoms with Gasteiger partial charge in [0.15, 0.2) is 5.75 Å². The van der Waals surface area contributed by atoms with Gasteiger partial charge in [-0.2, -0.15) is 0 Å². The van der Waals surface area contributed by atoms with Crippen LogP contribution in [0.1, 0.15) is 18.4 Å². The lowest BCUT2D eigenvalue weighted by Gasteiger charge is -2.35. The van der Waals surface area contributed by atoms with Crippen molar-refractivity contribution in [2.24, 2.45) is 5.92 Å². The molecule has 10 heteroatoms. The lowest BCUT2D eigenvalue weighted by atomic mass is 9.97. The fraction of sp³-hybridized carbons (Fsp3) is 0.348. The summed E-state index contributed by atoms with van der Waals surface area (Å²) in [7, 11) is -0.00318. The minimum atomic E-state index is -3.67. The molecular weight excluding hydrogens is 445 g/mol. The summed E-state index contributed by atoms with van der Waals surface area (Å²) in [6.45, 7) is 5.99. The van der Waals surface area contributed by atoms with E-state index in [0.717, 1.165) is 43.0 Å². The first kappa shape index (κ1) is 24.5. The Labute approximate surface area is 194 Å². The predicted octanol–water partition coefficient (Wildman–Crippen LogP) is 3.41. The first-order valence-electron chi connectivity index (χ1n) is 10.7. The van der Waals surface area contributed by atoms with Gasteiger partial charge in [0.25, 0.3) is 0 Å². The third-order valence-electron chi connectivity index (χ3n) is 5.69. The molecule has 0 spiro atoms. The van der Waals surface area contributed by atoms with E-state index in [2.05, 4.69) is 26.5 Å². The van der Waals surface area contributed by atoms with Crippen molar-refractivity contribution in [3.63, 3.8) is 0 Å². The number of hydrogen-bond donors (Lipinski definition) is 3. The van der Waals surface area contributed by atoms with Gasteiger partial charge in [0, 0.05) is 43.8 Å². The van der Waals surface area contributed by atoms with E-state index in [4.69, 9.17) is 5.41 Å². The summed E-state index contributed by atoms with van der Waals surface area (Å²) in [6.07, 6.45) is 1.63. The minimum Gasteiger partial charge on any atom is -0.363 e. The first-order valence-corrected chi connectivity index (χ1v) is 12.1. The highest BCUT2D eigenvalue weighted by Crippen LogP contribution is 2.24. The van der Waals surface area contributed by atoms with Gasteiger partial charge in [0.05, 0.1) is 16.4 Å². The van der Waals surface area contributed by atoms with Crippen LogP contribution in [0.5, 0.6) is 5.75 Å². The second-order valence-corrected chi connectivity index (χ2v) is 9.96. The van der Waals surface area contributed by atoms with Crippen LogP contribution in [-0.4, -0.2) is 57.8 Å². The van der Waals surface area contributed by atoms with Crippen LogP contribution < -0.4 is 15.0 Å². The number of nitrogens with zero attached hydrogens (tertiary/aromatic N) is 2. The van der Waals surface area contributed by atoms with Crippen molar-refractivity contribution in [3.8, 4) is 5.75 Å². The zero-order chi connectivity index (χ0) is 24.0. The zero-order valence-corrected chi connectivity index (χ0v) is 19.7. The molecule has 1 aliphatic heterocycles. The SMILES string of the molecule is C=C(Nc1ccccc1C(=N)N(C)C)N1CCC(CNS(=O)(=O)c2ccc(OF)cc2)CC1. The van der Waals surface area contributed by atoms with Crippen LogP contribution in [0.25, 0.3) is 0 Å². The van der Waals surface area contributed by atoms with Crippen LogP contribution in [0, 0.1) is 11.3 Å². The molecule has 8 nitrogen and oxygen atoms in total. The van der Waals surface area contributed by atoms with Gasteiger partial charge >= 0.3 is 0 Å². The molecule has 2 aromatic carbocycles. The fourth-order valence-corrected chi connectivity index (χ4v) is 4.78. The molecule has 1 saturated heterocycles. The summed E-state index contributed by atoms with van der Waals surface area (Å²) in [4.78, 5) is 7.54. The number of anilines is 1. The number of likely N-dealkylation sites (tertiary alicyclic amines) is 1. The molecular formula is C23H30FN5O3S. The highest BCUT2D eigenvalue weighted by molar-refractivity contribution is 7.89. The lowest BCUT2D eigenvalue weighted by Crippen LogP contribution is -2.39. The summed E-state index contributed by atoms with van der Waals surface area (Å²) in [5, 5.41) is 11.6. The van der Waals surface area contributed by atoms with Crippen molar-refractivity contribution in [2.75, 3.05) is 39.0 Å². The van der Waals surface area contributed by atoms with Gasteiger partial charge < -0.3 is 15.1 Å². The first-order chi connectivity index (χ1) is 15.7. The number of para-hydroxylation sites is 1. The molecule has 0 saturated carbocycles. The fourth-order valence-electron chi connectivity index (χ4n) is 3.66. The average molecular weight is 476 g/mol. The Kier molecular flexibility index (Phi) is 7.93. The summed E-state index contributed by atoms with van der Waals surface area (Å²) >= 11 is 0. The highest BCUT2D eigenvalue weighted by Gasteiger charge is 2.23. The molecule has 1 fully saturated rings. The number of benzene rings is 2. The van der Waals surface area contributed by atoms with Crippen molar-refractivity contribution < 1.29 is 17.9 Å². The van der Waals surface area contributed by atoms with Gasteiger partial charge in [0.2, 0.25) is 10.0 Å². The molecule has 0 aromatic heterocycles. The Bertz CT molecular complexity index is 1080. The second kappa shape index (κ2) is 10.7. The molecule has 33 heavy (non-hydrogen) atoms. The predicted molar refractivity (Wildman–Crippen MR) is 127 cm³/mol. The quantitative estimate of drug-likeness (QED) is 0.380. The van der Waals surface area contributed by atoms with Crippen molar-refractivity contribution in [1.29, 1.82) is 5.41 Å². The highest BCUT2D eigenvalue weighted by atomic mass is 32.2. The number of amidine groups is 1. The van der Waals surface area contributed by atoms with Crippen LogP contribution in [0.15, 0.2) is 65.8 Å². The van der Waals surface area contributed by atoms with Crippen molar-refractivity contribution in [1.82, 2.24) is 14.5 Å². The molecule has 1 aliphatic rings. The molecule has 0 unspecified atom stereocenters. The molecule has 0 atom stereocenters. The normalized spacial score (nSPS) is 14.6. The van der Waals surface area contributed by atoms with E-state index < -0.39 is 10.0 Å². The molecule has 1 heterocycles. The van der Waals surface area contributed by atoms with E-state index in [1.165, 1.54) is 24.3 Å². The molecule has 0 aliphatic carbocycles. The number of sulfonamides is 1. The zero-order valence-electron chi connectivity index (χ0n) is 18.8. The lowest BCUT2D eigenvalue weighted by molar-refractivity contribution is -0.00626. The Morgan fingerprint density at radius 2 is 1.82 bits per heavy atom. The van der Waals surface area contributed by atoms with Gasteiger partial charge in [-0.05, 0) is 55.2 Å². The van der Waals surface area contributed by atoms with E-state index in [0.29, 0.717) is 12.4 Å². The standard InChI is InChI=1S/C23H30FN5O3S/c1-17(27-22-7-5-4-6-21(22)23(25)28(2)3)29-14-12-18(13-15-29)16-26-33(30,31)20-10-8-19(32-24)9-11-20/h4-11,18,25-27H,1,12-16H2,2-3H3. The van der Waals surface area contributed by atoms with Crippen molar-refractivity contribution in [2.45, 2.75) is 17.7 Å². The van der Waals surface area contributed by atoms with Crippen LogP contribution in [0.3, 0.4) is 0 Å². The van der Waals surface area contributed by atoms with Crippen LogP contribution >= 0.6 is 0 Å². The number of piperidine rings is 1. The molecule has 0 amide bonds. The minimum absolute atomic E-state index is 0.0451. The number of rotatable bonds is 9. The van der Waals surface area contributed by atoms with Crippen LogP contribution in [-0.2, 0) is 10.0 Å². The molecule has 178 valence electrons. The summed E-state index contributed by atoms with van der Waals surface area (Å²) in [5.74, 6) is 1.31. The monoisotopic (exact) mass is 475 g/mol. The number of hydrogen-bond acceptors (Lipinski definition) is 6. The molecule has 0 radical (unpaired) electrons. The molecule has 3 rings (SSSR count). The van der Waals surface area contributed by atoms with Crippen LogP contribution in [0.2, 0.25) is 0 Å². The Hall–Kier alpha value is -3.11. The van der Waals surface area contributed by atoms with Crippen molar-refractivity contribution >= 4 is 21.5 Å². The van der Waals surface area contributed by atoms with E-state index in [9.17, 15) is 12.9 Å². The summed E-state index contributed by atoms with van der Waals surface area (Å²) in [6, 6.07) is 12.8. The summed E-state index contributed by atoms with van der Waals surface area (Å²) in [5.41, 5.74) is 1.61. The third kappa shape index (κ3) is 6.23. The largest absolute Gasteiger partial charge is 0.363 e. The molecule has 2 aromatic rings.